The third-order valence-electron chi connectivity index (χ3n) is 2.15. The average molecular weight is 250 g/mol. The number of non-ortho nitro benzene ring substituents is 1. The molecule has 0 radical (unpaired) electrons. The van der Waals surface area contributed by atoms with Gasteiger partial charge < -0.3 is 4.74 Å². The van der Waals surface area contributed by atoms with Crippen LogP contribution in [0.4, 0.5) is 5.69 Å². The predicted octanol–water partition coefficient (Wildman–Crippen LogP) is 2.86. The first-order valence-corrected chi connectivity index (χ1v) is 5.77. The standard InChI is InChI=1S/C11H10N2O3S/c1-16-6-9-7-17-11(12-9)8-3-2-4-10(5-8)13(14)15/h2-5,7H,6H2,1H3. The van der Waals surface area contributed by atoms with E-state index < -0.39 is 4.92 Å². The van der Waals surface area contributed by atoms with Crippen molar-refractivity contribution >= 4 is 17.0 Å². The van der Waals surface area contributed by atoms with Crippen molar-refractivity contribution in [3.63, 3.8) is 0 Å². The van der Waals surface area contributed by atoms with Crippen LogP contribution < -0.4 is 0 Å². The summed E-state index contributed by atoms with van der Waals surface area (Å²) < 4.78 is 4.97. The number of thiazole rings is 1. The summed E-state index contributed by atoms with van der Waals surface area (Å²) in [5.41, 5.74) is 1.66. The summed E-state index contributed by atoms with van der Waals surface area (Å²) in [4.78, 5) is 14.6. The molecular weight excluding hydrogens is 240 g/mol. The zero-order valence-corrected chi connectivity index (χ0v) is 9.94. The van der Waals surface area contributed by atoms with Crippen LogP contribution in [-0.4, -0.2) is 17.0 Å². The molecule has 0 saturated carbocycles. The van der Waals surface area contributed by atoms with E-state index in [-0.39, 0.29) is 5.69 Å². The van der Waals surface area contributed by atoms with E-state index in [1.54, 1.807) is 13.2 Å². The molecule has 0 aliphatic carbocycles. The highest BCUT2D eigenvalue weighted by atomic mass is 32.1. The van der Waals surface area contributed by atoms with Gasteiger partial charge in [-0.3, -0.25) is 10.1 Å². The Morgan fingerprint density at radius 2 is 2.35 bits per heavy atom. The van der Waals surface area contributed by atoms with Gasteiger partial charge in [-0.25, -0.2) is 4.98 Å². The summed E-state index contributed by atoms with van der Waals surface area (Å²) in [7, 11) is 1.60. The van der Waals surface area contributed by atoms with Gasteiger partial charge in [0.2, 0.25) is 0 Å². The fourth-order valence-electron chi connectivity index (χ4n) is 1.41. The molecule has 0 unspecified atom stereocenters. The van der Waals surface area contributed by atoms with Crippen LogP contribution >= 0.6 is 11.3 Å². The number of nitro groups is 1. The van der Waals surface area contributed by atoms with E-state index in [2.05, 4.69) is 4.98 Å². The van der Waals surface area contributed by atoms with Crippen molar-refractivity contribution in [1.82, 2.24) is 4.98 Å². The monoisotopic (exact) mass is 250 g/mol. The van der Waals surface area contributed by atoms with E-state index in [4.69, 9.17) is 4.74 Å². The first kappa shape index (κ1) is 11.7. The fraction of sp³-hybridized carbons (Fsp3) is 0.182. The molecule has 1 heterocycles. The zero-order valence-electron chi connectivity index (χ0n) is 9.12. The summed E-state index contributed by atoms with van der Waals surface area (Å²) in [6.07, 6.45) is 0. The van der Waals surface area contributed by atoms with Gasteiger partial charge in [-0.2, -0.15) is 0 Å². The van der Waals surface area contributed by atoms with Crippen LogP contribution in [0, 0.1) is 10.1 Å². The minimum Gasteiger partial charge on any atom is -0.378 e. The molecule has 0 amide bonds. The third kappa shape index (κ3) is 2.66. The quantitative estimate of drug-likeness (QED) is 0.618. The Kier molecular flexibility index (Phi) is 3.46. The molecule has 0 aliphatic rings. The minimum atomic E-state index is -0.410. The van der Waals surface area contributed by atoms with Crippen molar-refractivity contribution in [3.05, 3.63) is 45.5 Å². The first-order chi connectivity index (χ1) is 8.20. The van der Waals surface area contributed by atoms with E-state index in [0.29, 0.717) is 6.61 Å². The molecule has 2 aromatic rings. The summed E-state index contributed by atoms with van der Waals surface area (Å²) in [5.74, 6) is 0. The zero-order chi connectivity index (χ0) is 12.3. The molecule has 17 heavy (non-hydrogen) atoms. The minimum absolute atomic E-state index is 0.0750. The van der Waals surface area contributed by atoms with Gasteiger partial charge in [-0.1, -0.05) is 12.1 Å². The Balaban J connectivity index is 2.32. The number of ether oxygens (including phenoxy) is 1. The molecule has 0 bridgehead atoms. The fourth-order valence-corrected chi connectivity index (χ4v) is 2.21. The number of benzene rings is 1. The lowest BCUT2D eigenvalue weighted by Gasteiger charge is -1.96. The van der Waals surface area contributed by atoms with Gasteiger partial charge in [-0.15, -0.1) is 11.3 Å². The third-order valence-corrected chi connectivity index (χ3v) is 3.09. The van der Waals surface area contributed by atoms with Crippen LogP contribution in [0.1, 0.15) is 5.69 Å². The number of hydrogen-bond acceptors (Lipinski definition) is 5. The molecule has 5 nitrogen and oxygen atoms in total. The van der Waals surface area contributed by atoms with Gasteiger partial charge in [0.15, 0.2) is 0 Å². The molecule has 0 aliphatic heterocycles. The maximum absolute atomic E-state index is 10.7. The predicted molar refractivity (Wildman–Crippen MR) is 64.9 cm³/mol. The van der Waals surface area contributed by atoms with Crippen LogP contribution in [-0.2, 0) is 11.3 Å². The van der Waals surface area contributed by atoms with Gasteiger partial charge in [-0.05, 0) is 0 Å². The molecule has 0 saturated heterocycles. The van der Waals surface area contributed by atoms with Crippen LogP contribution in [0.3, 0.4) is 0 Å². The Morgan fingerprint density at radius 1 is 1.53 bits per heavy atom. The van der Waals surface area contributed by atoms with Gasteiger partial charge in [0.05, 0.1) is 17.2 Å². The van der Waals surface area contributed by atoms with Crippen molar-refractivity contribution in [3.8, 4) is 10.6 Å². The smallest absolute Gasteiger partial charge is 0.270 e. The van der Waals surface area contributed by atoms with E-state index in [9.17, 15) is 10.1 Å². The highest BCUT2D eigenvalue weighted by molar-refractivity contribution is 7.13. The molecule has 0 N–H and O–H groups in total. The molecule has 1 aromatic carbocycles. The Bertz CT molecular complexity index is 539. The molecule has 0 fully saturated rings. The summed E-state index contributed by atoms with van der Waals surface area (Å²) in [6, 6.07) is 6.45. The van der Waals surface area contributed by atoms with Crippen molar-refractivity contribution in [2.75, 3.05) is 7.11 Å². The highest BCUT2D eigenvalue weighted by Crippen LogP contribution is 2.26. The van der Waals surface area contributed by atoms with Crippen LogP contribution in [0.2, 0.25) is 0 Å². The topological polar surface area (TPSA) is 65.3 Å². The van der Waals surface area contributed by atoms with Crippen LogP contribution in [0.5, 0.6) is 0 Å². The maximum Gasteiger partial charge on any atom is 0.270 e. The first-order valence-electron chi connectivity index (χ1n) is 4.89. The Morgan fingerprint density at radius 3 is 3.06 bits per heavy atom. The number of hydrogen-bond donors (Lipinski definition) is 0. The second kappa shape index (κ2) is 5.03. The lowest BCUT2D eigenvalue weighted by molar-refractivity contribution is -0.384. The van der Waals surface area contributed by atoms with E-state index in [1.165, 1.54) is 23.5 Å². The van der Waals surface area contributed by atoms with Crippen molar-refractivity contribution < 1.29 is 9.66 Å². The second-order valence-corrected chi connectivity index (χ2v) is 4.24. The van der Waals surface area contributed by atoms with Crippen LogP contribution in [0.15, 0.2) is 29.6 Å². The van der Waals surface area contributed by atoms with Gasteiger partial charge >= 0.3 is 0 Å². The van der Waals surface area contributed by atoms with Gasteiger partial charge in [0.25, 0.3) is 5.69 Å². The van der Waals surface area contributed by atoms with Crippen molar-refractivity contribution in [2.24, 2.45) is 0 Å². The highest BCUT2D eigenvalue weighted by Gasteiger charge is 2.09. The average Bonchev–Trinajstić information content (AvgIpc) is 2.78. The van der Waals surface area contributed by atoms with Crippen molar-refractivity contribution in [2.45, 2.75) is 6.61 Å². The summed E-state index contributed by atoms with van der Waals surface area (Å²) in [5, 5.41) is 13.3. The number of methoxy groups -OCH3 is 1. The number of aromatic nitrogens is 1. The van der Waals surface area contributed by atoms with Crippen LogP contribution in [0.25, 0.3) is 10.6 Å². The normalized spacial score (nSPS) is 10.4. The second-order valence-electron chi connectivity index (χ2n) is 3.38. The number of nitrogens with zero attached hydrogens (tertiary/aromatic N) is 2. The summed E-state index contributed by atoms with van der Waals surface area (Å²) >= 11 is 1.45. The SMILES string of the molecule is COCc1csc(-c2cccc([N+](=O)[O-])c2)n1. The summed E-state index contributed by atoms with van der Waals surface area (Å²) in [6.45, 7) is 0.450. The largest absolute Gasteiger partial charge is 0.378 e. The molecule has 88 valence electrons. The Labute approximate surface area is 102 Å². The van der Waals surface area contributed by atoms with Crippen molar-refractivity contribution in [1.29, 1.82) is 0 Å². The van der Waals surface area contributed by atoms with Gasteiger partial charge in [0.1, 0.15) is 5.01 Å². The lowest BCUT2D eigenvalue weighted by atomic mass is 10.2. The van der Waals surface area contributed by atoms with E-state index >= 15 is 0 Å². The molecule has 6 heteroatoms. The van der Waals surface area contributed by atoms with E-state index in [1.807, 2.05) is 11.4 Å². The number of nitro benzene ring substituents is 1. The molecular formula is C11H10N2O3S. The molecule has 2 rings (SSSR count). The number of rotatable bonds is 4. The molecule has 1 aromatic heterocycles. The molecule has 0 atom stereocenters. The Hall–Kier alpha value is -1.79. The maximum atomic E-state index is 10.7. The molecule has 0 spiro atoms. The van der Waals surface area contributed by atoms with Gasteiger partial charge in [0, 0.05) is 30.2 Å². The van der Waals surface area contributed by atoms with E-state index in [0.717, 1.165) is 16.3 Å². The lowest BCUT2D eigenvalue weighted by Crippen LogP contribution is -1.89.